The number of anilines is 1. The van der Waals surface area contributed by atoms with Crippen LogP contribution < -0.4 is 11.3 Å². The van der Waals surface area contributed by atoms with Gasteiger partial charge in [-0.3, -0.25) is 14.3 Å². The zero-order valence-electron chi connectivity index (χ0n) is 11.2. The van der Waals surface area contributed by atoms with Crippen molar-refractivity contribution in [2.75, 3.05) is 12.3 Å². The van der Waals surface area contributed by atoms with Crippen LogP contribution in [0.4, 0.5) is 5.95 Å². The van der Waals surface area contributed by atoms with Gasteiger partial charge in [0.25, 0.3) is 5.56 Å². The monoisotopic (exact) mass is 293 g/mol. The van der Waals surface area contributed by atoms with Crippen LogP contribution in [0.1, 0.15) is 13.2 Å². The molecule has 1 saturated heterocycles. The number of hydrogen-bond donors (Lipinski definition) is 4. The van der Waals surface area contributed by atoms with Crippen molar-refractivity contribution in [2.45, 2.75) is 25.4 Å². The van der Waals surface area contributed by atoms with Crippen molar-refractivity contribution in [2.24, 2.45) is 0 Å². The lowest BCUT2D eigenvalue weighted by Crippen LogP contribution is -2.25. The maximum atomic E-state index is 11.8. The highest BCUT2D eigenvalue weighted by Crippen LogP contribution is 2.35. The average Bonchev–Trinajstić information content (AvgIpc) is 2.99. The molecular formula is C12H15N5O4. The Hall–Kier alpha value is -2.23. The summed E-state index contributed by atoms with van der Waals surface area (Å²) < 4.78 is 7.13. The molecule has 5 N–H and O–H groups in total. The minimum Gasteiger partial charge on any atom is -0.394 e. The van der Waals surface area contributed by atoms with Crippen molar-refractivity contribution in [3.8, 4) is 0 Å². The number of imidazole rings is 1. The van der Waals surface area contributed by atoms with Gasteiger partial charge < -0.3 is 20.7 Å². The predicted molar refractivity (Wildman–Crippen MR) is 73.3 cm³/mol. The van der Waals surface area contributed by atoms with Gasteiger partial charge in [0, 0.05) is 5.57 Å². The molecule has 9 heteroatoms. The number of nitrogens with zero attached hydrogens (tertiary/aromatic N) is 3. The maximum absolute atomic E-state index is 11.8. The van der Waals surface area contributed by atoms with Gasteiger partial charge in [0.2, 0.25) is 5.95 Å². The normalized spacial score (nSPS) is 27.8. The van der Waals surface area contributed by atoms with Crippen molar-refractivity contribution >= 4 is 17.1 Å². The maximum Gasteiger partial charge on any atom is 0.280 e. The standard InChI is InChI=1S/C12H15N5O4/c1-2-5-8(19)6(3-18)21-11(5)17-4-14-7-9(17)15-12(13)16-10(7)20/h2,4,6,8,11,18-19H,3H2,1H3,(H3,13,15,16,20)/t6-,8+,11-/m1/s1. The molecular weight excluding hydrogens is 278 g/mol. The molecule has 0 bridgehead atoms. The van der Waals surface area contributed by atoms with E-state index in [2.05, 4.69) is 15.0 Å². The number of nitrogen functional groups attached to an aromatic ring is 1. The molecule has 0 radical (unpaired) electrons. The molecule has 0 aromatic carbocycles. The van der Waals surface area contributed by atoms with E-state index in [4.69, 9.17) is 10.5 Å². The molecule has 3 atom stereocenters. The number of aliphatic hydroxyl groups is 2. The van der Waals surface area contributed by atoms with Gasteiger partial charge in [-0.2, -0.15) is 4.98 Å². The summed E-state index contributed by atoms with van der Waals surface area (Å²) in [5.41, 5.74) is 6.05. The number of nitrogens with two attached hydrogens (primary N) is 1. The lowest BCUT2D eigenvalue weighted by Gasteiger charge is -2.14. The largest absolute Gasteiger partial charge is 0.394 e. The van der Waals surface area contributed by atoms with Gasteiger partial charge in [-0.05, 0) is 6.92 Å². The van der Waals surface area contributed by atoms with E-state index in [1.807, 2.05) is 0 Å². The van der Waals surface area contributed by atoms with Gasteiger partial charge in [-0.1, -0.05) is 6.08 Å². The highest BCUT2D eigenvalue weighted by Gasteiger charge is 2.39. The van der Waals surface area contributed by atoms with Crippen molar-refractivity contribution in [1.82, 2.24) is 19.5 Å². The third-order valence-electron chi connectivity index (χ3n) is 3.50. The van der Waals surface area contributed by atoms with E-state index >= 15 is 0 Å². The molecule has 0 aliphatic carbocycles. The van der Waals surface area contributed by atoms with Gasteiger partial charge in [0.15, 0.2) is 17.4 Å². The topological polar surface area (TPSA) is 139 Å². The zero-order chi connectivity index (χ0) is 15.1. The Morgan fingerprint density at radius 3 is 3.05 bits per heavy atom. The summed E-state index contributed by atoms with van der Waals surface area (Å²) in [5.74, 6) is -0.0338. The Morgan fingerprint density at radius 2 is 2.38 bits per heavy atom. The van der Waals surface area contributed by atoms with E-state index in [0.717, 1.165) is 0 Å². The Bertz CT molecular complexity index is 765. The third kappa shape index (κ3) is 2.02. The van der Waals surface area contributed by atoms with E-state index in [0.29, 0.717) is 5.57 Å². The number of aromatic amines is 1. The predicted octanol–water partition coefficient (Wildman–Crippen LogP) is -1.10. The van der Waals surface area contributed by atoms with Gasteiger partial charge in [0.1, 0.15) is 12.2 Å². The van der Waals surface area contributed by atoms with Crippen molar-refractivity contribution in [1.29, 1.82) is 0 Å². The van der Waals surface area contributed by atoms with Gasteiger partial charge in [-0.25, -0.2) is 4.98 Å². The molecule has 3 rings (SSSR count). The first-order valence-corrected chi connectivity index (χ1v) is 6.39. The molecule has 2 aromatic rings. The van der Waals surface area contributed by atoms with Gasteiger partial charge in [0.05, 0.1) is 12.9 Å². The highest BCUT2D eigenvalue weighted by molar-refractivity contribution is 5.70. The molecule has 112 valence electrons. The Kier molecular flexibility index (Phi) is 3.24. The van der Waals surface area contributed by atoms with Crippen LogP contribution in [0.5, 0.6) is 0 Å². The molecule has 1 aliphatic heterocycles. The first-order valence-electron chi connectivity index (χ1n) is 6.39. The molecule has 1 fully saturated rings. The molecule has 9 nitrogen and oxygen atoms in total. The first kappa shape index (κ1) is 13.7. The van der Waals surface area contributed by atoms with Crippen LogP contribution in [0.25, 0.3) is 11.2 Å². The van der Waals surface area contributed by atoms with Crippen molar-refractivity contribution in [3.05, 3.63) is 28.3 Å². The fraction of sp³-hybridized carbons (Fsp3) is 0.417. The van der Waals surface area contributed by atoms with Crippen LogP contribution in [0.15, 0.2) is 22.8 Å². The number of H-pyrrole nitrogens is 1. The van der Waals surface area contributed by atoms with Crippen molar-refractivity contribution < 1.29 is 14.9 Å². The van der Waals surface area contributed by atoms with Crippen LogP contribution in [0, 0.1) is 0 Å². The minimum atomic E-state index is -0.929. The van der Waals surface area contributed by atoms with Crippen molar-refractivity contribution in [3.63, 3.8) is 0 Å². The summed E-state index contributed by atoms with van der Waals surface area (Å²) in [4.78, 5) is 22.2. The average molecular weight is 293 g/mol. The number of rotatable bonds is 2. The summed E-state index contributed by atoms with van der Waals surface area (Å²) >= 11 is 0. The smallest absolute Gasteiger partial charge is 0.280 e. The highest BCUT2D eigenvalue weighted by atomic mass is 16.5. The summed E-state index contributed by atoms with van der Waals surface area (Å²) in [6.07, 6.45) is 0.737. The summed E-state index contributed by atoms with van der Waals surface area (Å²) in [6, 6.07) is 0. The molecule has 0 saturated carbocycles. The Labute approximate surface area is 118 Å². The first-order chi connectivity index (χ1) is 10.1. The second kappa shape index (κ2) is 4.95. The number of aromatic nitrogens is 4. The molecule has 3 heterocycles. The number of aliphatic hydroxyl groups excluding tert-OH is 2. The fourth-order valence-corrected chi connectivity index (χ4v) is 2.48. The molecule has 0 unspecified atom stereocenters. The molecule has 2 aromatic heterocycles. The number of allylic oxidation sites excluding steroid dienone is 1. The van der Waals surface area contributed by atoms with E-state index in [-0.39, 0.29) is 23.7 Å². The number of fused-ring (bicyclic) bond motifs is 1. The lowest BCUT2D eigenvalue weighted by atomic mass is 10.1. The van der Waals surface area contributed by atoms with Gasteiger partial charge in [-0.15, -0.1) is 0 Å². The van der Waals surface area contributed by atoms with E-state index < -0.39 is 24.0 Å². The Morgan fingerprint density at radius 1 is 1.62 bits per heavy atom. The second-order valence-corrected chi connectivity index (χ2v) is 4.72. The molecule has 21 heavy (non-hydrogen) atoms. The molecule has 0 amide bonds. The van der Waals surface area contributed by atoms with Crippen LogP contribution in [0.2, 0.25) is 0 Å². The van der Waals surface area contributed by atoms with Crippen LogP contribution in [-0.2, 0) is 4.74 Å². The lowest BCUT2D eigenvalue weighted by molar-refractivity contribution is -0.0422. The van der Waals surface area contributed by atoms with E-state index in [1.54, 1.807) is 13.0 Å². The summed E-state index contributed by atoms with van der Waals surface area (Å²) in [6.45, 7) is 1.43. The van der Waals surface area contributed by atoms with Crippen LogP contribution in [-0.4, -0.2) is 48.5 Å². The number of nitrogens with one attached hydrogen (secondary N) is 1. The number of hydrogen-bond acceptors (Lipinski definition) is 7. The summed E-state index contributed by atoms with van der Waals surface area (Å²) in [7, 11) is 0. The zero-order valence-corrected chi connectivity index (χ0v) is 11.2. The van der Waals surface area contributed by atoms with Crippen LogP contribution in [0.3, 0.4) is 0 Å². The van der Waals surface area contributed by atoms with E-state index in [1.165, 1.54) is 10.9 Å². The minimum absolute atomic E-state index is 0.0338. The van der Waals surface area contributed by atoms with E-state index in [9.17, 15) is 15.0 Å². The number of ether oxygens (including phenoxy) is 1. The SMILES string of the molecule is CC=C1[C@H](n2cnc3c(=O)[nH]c(N)nc32)O[C@H](CO)[C@H]1O. The van der Waals surface area contributed by atoms with Gasteiger partial charge >= 0.3 is 0 Å². The summed E-state index contributed by atoms with van der Waals surface area (Å²) in [5, 5.41) is 19.3. The Balaban J connectivity index is 2.15. The fourth-order valence-electron chi connectivity index (χ4n) is 2.48. The second-order valence-electron chi connectivity index (χ2n) is 4.72. The molecule has 1 aliphatic rings. The van der Waals surface area contributed by atoms with Crippen LogP contribution >= 0.6 is 0 Å². The third-order valence-corrected chi connectivity index (χ3v) is 3.50. The quantitative estimate of drug-likeness (QED) is 0.515. The molecule has 0 spiro atoms.